The highest BCUT2D eigenvalue weighted by Crippen LogP contribution is 2.23. The Morgan fingerprint density at radius 1 is 1.29 bits per heavy atom. The van der Waals surface area contributed by atoms with E-state index in [9.17, 15) is 4.79 Å². The molecule has 0 saturated heterocycles. The number of nitrogens with one attached hydrogen (secondary N) is 2. The Morgan fingerprint density at radius 3 is 2.41 bits per heavy atom. The fourth-order valence-electron chi connectivity index (χ4n) is 1.67. The van der Waals surface area contributed by atoms with Crippen LogP contribution in [0.3, 0.4) is 0 Å². The summed E-state index contributed by atoms with van der Waals surface area (Å²) in [6.07, 6.45) is 2.18. The molecule has 17 heavy (non-hydrogen) atoms. The molecule has 4 heteroatoms. The van der Waals surface area contributed by atoms with Crippen molar-refractivity contribution in [2.45, 2.75) is 38.3 Å². The second-order valence-electron chi connectivity index (χ2n) is 5.00. The summed E-state index contributed by atoms with van der Waals surface area (Å²) in [5, 5.41) is 6.59. The van der Waals surface area contributed by atoms with Crippen molar-refractivity contribution in [1.29, 1.82) is 0 Å². The smallest absolute Gasteiger partial charge is 0.315 e. The van der Waals surface area contributed by atoms with E-state index in [-0.39, 0.29) is 6.03 Å². The van der Waals surface area contributed by atoms with Gasteiger partial charge in [-0.15, -0.1) is 0 Å². The average Bonchev–Trinajstić information content (AvgIpc) is 3.01. The third-order valence-corrected chi connectivity index (χ3v) is 3.16. The molecule has 0 bridgehead atoms. The molecule has 0 radical (unpaired) electrons. The van der Waals surface area contributed by atoms with Crippen LogP contribution in [0.1, 0.15) is 32.3 Å². The summed E-state index contributed by atoms with van der Waals surface area (Å²) in [6, 6.07) is 7.79. The summed E-state index contributed by atoms with van der Waals surface area (Å²) in [6.45, 7) is 3.95. The predicted octanol–water partition coefficient (Wildman–Crippen LogP) is 3.04. The van der Waals surface area contributed by atoms with Gasteiger partial charge in [0.15, 0.2) is 0 Å². The van der Waals surface area contributed by atoms with E-state index in [1.54, 1.807) is 0 Å². The molecule has 1 aliphatic rings. The van der Waals surface area contributed by atoms with Gasteiger partial charge in [-0.25, -0.2) is 4.79 Å². The van der Waals surface area contributed by atoms with E-state index in [1.165, 1.54) is 0 Å². The Kier molecular flexibility index (Phi) is 3.29. The van der Waals surface area contributed by atoms with E-state index in [0.29, 0.717) is 11.1 Å². The molecule has 2 N–H and O–H groups in total. The first-order valence-corrected chi connectivity index (χ1v) is 6.20. The zero-order valence-electron chi connectivity index (χ0n) is 10.1. The van der Waals surface area contributed by atoms with Crippen LogP contribution in [0, 0.1) is 0 Å². The Hall–Kier alpha value is -1.22. The molecule has 0 aromatic heterocycles. The molecule has 1 aromatic rings. The van der Waals surface area contributed by atoms with Gasteiger partial charge in [0.25, 0.3) is 0 Å². The van der Waals surface area contributed by atoms with Gasteiger partial charge in [0.1, 0.15) is 0 Å². The number of halogens is 1. The van der Waals surface area contributed by atoms with Gasteiger partial charge in [-0.05, 0) is 44.4 Å². The molecule has 0 unspecified atom stereocenters. The minimum atomic E-state index is -0.399. The molecular formula is C13H17ClN2O. The zero-order chi connectivity index (χ0) is 12.5. The van der Waals surface area contributed by atoms with Crippen LogP contribution in [-0.2, 0) is 5.54 Å². The molecule has 1 fully saturated rings. The van der Waals surface area contributed by atoms with E-state index in [0.717, 1.165) is 18.4 Å². The molecule has 0 aliphatic heterocycles. The van der Waals surface area contributed by atoms with Crippen molar-refractivity contribution in [3.05, 3.63) is 34.9 Å². The fourth-order valence-corrected chi connectivity index (χ4v) is 1.80. The molecule has 1 saturated carbocycles. The van der Waals surface area contributed by atoms with Crippen LogP contribution in [0.2, 0.25) is 5.02 Å². The number of carbonyl (C=O) groups is 1. The third kappa shape index (κ3) is 3.37. The van der Waals surface area contributed by atoms with Crippen LogP contribution >= 0.6 is 11.6 Å². The van der Waals surface area contributed by atoms with E-state index in [1.807, 2.05) is 38.1 Å². The highest BCUT2D eigenvalue weighted by atomic mass is 35.5. The maximum Gasteiger partial charge on any atom is 0.315 e. The van der Waals surface area contributed by atoms with Gasteiger partial charge in [-0.3, -0.25) is 0 Å². The lowest BCUT2D eigenvalue weighted by Gasteiger charge is -2.27. The Morgan fingerprint density at radius 2 is 1.88 bits per heavy atom. The van der Waals surface area contributed by atoms with E-state index in [2.05, 4.69) is 10.6 Å². The van der Waals surface area contributed by atoms with Crippen molar-refractivity contribution in [3.8, 4) is 0 Å². The summed E-state index contributed by atoms with van der Waals surface area (Å²) < 4.78 is 0. The van der Waals surface area contributed by atoms with Crippen LogP contribution in [0.5, 0.6) is 0 Å². The molecule has 92 valence electrons. The van der Waals surface area contributed by atoms with Crippen molar-refractivity contribution >= 4 is 17.6 Å². The second-order valence-corrected chi connectivity index (χ2v) is 5.44. The van der Waals surface area contributed by atoms with Crippen LogP contribution < -0.4 is 10.6 Å². The van der Waals surface area contributed by atoms with Crippen LogP contribution in [0.15, 0.2) is 24.3 Å². The highest BCUT2D eigenvalue weighted by Gasteiger charge is 2.27. The first-order chi connectivity index (χ1) is 7.97. The molecule has 2 amide bonds. The summed E-state index contributed by atoms with van der Waals surface area (Å²) in [7, 11) is 0. The molecule has 0 heterocycles. The van der Waals surface area contributed by atoms with Gasteiger partial charge in [-0.2, -0.15) is 0 Å². The lowest BCUT2D eigenvalue weighted by molar-refractivity contribution is 0.229. The maximum atomic E-state index is 11.7. The van der Waals surface area contributed by atoms with Crippen molar-refractivity contribution < 1.29 is 4.79 Å². The minimum absolute atomic E-state index is 0.104. The van der Waals surface area contributed by atoms with Crippen molar-refractivity contribution in [2.24, 2.45) is 0 Å². The van der Waals surface area contributed by atoms with Crippen molar-refractivity contribution in [2.75, 3.05) is 0 Å². The molecule has 1 aliphatic carbocycles. The number of benzene rings is 1. The topological polar surface area (TPSA) is 41.1 Å². The highest BCUT2D eigenvalue weighted by molar-refractivity contribution is 6.30. The SMILES string of the molecule is CC(C)(NC(=O)NC1CC1)c1ccc(Cl)cc1. The number of hydrogen-bond donors (Lipinski definition) is 2. The predicted molar refractivity (Wildman–Crippen MR) is 69.2 cm³/mol. The molecule has 0 spiro atoms. The first-order valence-electron chi connectivity index (χ1n) is 5.82. The van der Waals surface area contributed by atoms with Gasteiger partial charge in [0.05, 0.1) is 5.54 Å². The number of hydrogen-bond acceptors (Lipinski definition) is 1. The van der Waals surface area contributed by atoms with Gasteiger partial charge in [0, 0.05) is 11.1 Å². The molecular weight excluding hydrogens is 236 g/mol. The summed E-state index contributed by atoms with van der Waals surface area (Å²) in [5.41, 5.74) is 0.636. The number of rotatable bonds is 3. The number of urea groups is 1. The largest absolute Gasteiger partial charge is 0.335 e. The monoisotopic (exact) mass is 252 g/mol. The standard InChI is InChI=1S/C13H17ClN2O/c1-13(2,9-3-5-10(14)6-4-9)16-12(17)15-11-7-8-11/h3-6,11H,7-8H2,1-2H3,(H2,15,16,17). The Bertz CT molecular complexity index is 410. The molecule has 0 atom stereocenters. The van der Waals surface area contributed by atoms with Crippen LogP contribution in [0.4, 0.5) is 4.79 Å². The zero-order valence-corrected chi connectivity index (χ0v) is 10.8. The van der Waals surface area contributed by atoms with Gasteiger partial charge >= 0.3 is 6.03 Å². The second kappa shape index (κ2) is 4.57. The fraction of sp³-hybridized carbons (Fsp3) is 0.462. The summed E-state index contributed by atoms with van der Waals surface area (Å²) in [5.74, 6) is 0. The lowest BCUT2D eigenvalue weighted by atomic mass is 9.94. The van der Waals surface area contributed by atoms with Crippen molar-refractivity contribution in [1.82, 2.24) is 10.6 Å². The summed E-state index contributed by atoms with van der Waals surface area (Å²) in [4.78, 5) is 11.7. The Balaban J connectivity index is 2.01. The first kappa shape index (κ1) is 12.2. The quantitative estimate of drug-likeness (QED) is 0.853. The normalized spacial score (nSPS) is 15.5. The average molecular weight is 253 g/mol. The molecule has 3 nitrogen and oxygen atoms in total. The minimum Gasteiger partial charge on any atom is -0.335 e. The van der Waals surface area contributed by atoms with Gasteiger partial charge in [0.2, 0.25) is 0 Å². The van der Waals surface area contributed by atoms with Crippen LogP contribution in [-0.4, -0.2) is 12.1 Å². The van der Waals surface area contributed by atoms with E-state index < -0.39 is 5.54 Å². The third-order valence-electron chi connectivity index (χ3n) is 2.90. The van der Waals surface area contributed by atoms with Gasteiger partial charge in [-0.1, -0.05) is 23.7 Å². The number of amides is 2. The summed E-state index contributed by atoms with van der Waals surface area (Å²) >= 11 is 5.84. The number of carbonyl (C=O) groups excluding carboxylic acids is 1. The van der Waals surface area contributed by atoms with Crippen LogP contribution in [0.25, 0.3) is 0 Å². The van der Waals surface area contributed by atoms with Gasteiger partial charge < -0.3 is 10.6 Å². The Labute approximate surface area is 107 Å². The van der Waals surface area contributed by atoms with Crippen molar-refractivity contribution in [3.63, 3.8) is 0 Å². The van der Waals surface area contributed by atoms with E-state index in [4.69, 9.17) is 11.6 Å². The maximum absolute atomic E-state index is 11.7. The molecule has 2 rings (SSSR count). The van der Waals surface area contributed by atoms with E-state index >= 15 is 0 Å². The molecule has 1 aromatic carbocycles. The lowest BCUT2D eigenvalue weighted by Crippen LogP contribution is -2.47.